The number of pyridine rings is 2. The number of aromatic nitrogens is 2. The Morgan fingerprint density at radius 3 is 1.10 bits per heavy atom. The highest BCUT2D eigenvalue weighted by atomic mass is 14.8. The topological polar surface area (TPSA) is 25.8 Å². The Bertz CT molecular complexity index is 1950. The predicted molar refractivity (Wildman–Crippen MR) is 207 cm³/mol. The zero-order valence-electron chi connectivity index (χ0n) is 29.6. The molecule has 7 rings (SSSR count). The summed E-state index contributed by atoms with van der Waals surface area (Å²) in [6.07, 6.45) is 0. The van der Waals surface area contributed by atoms with Gasteiger partial charge in [-0.2, -0.15) is 0 Å². The van der Waals surface area contributed by atoms with Gasteiger partial charge in [-0.05, 0) is 68.5 Å². The molecule has 1 aliphatic rings. The summed E-state index contributed by atoms with van der Waals surface area (Å²) < 4.78 is 0. The molecule has 0 saturated carbocycles. The number of rotatable bonds is 4. The zero-order valence-corrected chi connectivity index (χ0v) is 29.6. The number of fused-ring (bicyclic) bond motifs is 2. The SMILES string of the molecule is C.CC(C)(C)c1ccc(-c2cccc(C3(c4cccc(-c5ccc(C(C)(C)C)cc5)n4)c4ccccc4C(C)(C)c4ccccc43)n2)cc1. The van der Waals surface area contributed by atoms with Crippen molar-refractivity contribution < 1.29 is 0 Å². The molecule has 0 bridgehead atoms. The van der Waals surface area contributed by atoms with Gasteiger partial charge in [0.05, 0.1) is 22.8 Å². The Labute approximate surface area is 294 Å². The van der Waals surface area contributed by atoms with Crippen LogP contribution in [0.1, 0.15) is 108 Å². The number of hydrogen-bond acceptors (Lipinski definition) is 2. The molecule has 248 valence electrons. The number of nitrogens with zero attached hydrogens (tertiary/aromatic N) is 2. The minimum absolute atomic E-state index is 0. The van der Waals surface area contributed by atoms with E-state index in [1.165, 1.54) is 33.4 Å². The van der Waals surface area contributed by atoms with Crippen LogP contribution in [0.2, 0.25) is 0 Å². The van der Waals surface area contributed by atoms with Crippen molar-refractivity contribution in [3.05, 3.63) is 178 Å². The Kier molecular flexibility index (Phi) is 8.52. The molecular weight excluding hydrogens is 593 g/mol. The Balaban J connectivity index is 0.00000417. The van der Waals surface area contributed by atoms with E-state index < -0.39 is 5.41 Å². The molecule has 0 spiro atoms. The second-order valence-electron chi connectivity index (χ2n) is 15.9. The van der Waals surface area contributed by atoms with Gasteiger partial charge in [0.15, 0.2) is 0 Å². The van der Waals surface area contributed by atoms with E-state index in [2.05, 4.69) is 189 Å². The molecule has 2 aromatic heterocycles. The van der Waals surface area contributed by atoms with Gasteiger partial charge >= 0.3 is 0 Å². The second kappa shape index (κ2) is 12.3. The normalized spacial score (nSPS) is 14.7. The highest BCUT2D eigenvalue weighted by Gasteiger charge is 2.50. The highest BCUT2D eigenvalue weighted by molar-refractivity contribution is 5.70. The van der Waals surface area contributed by atoms with Gasteiger partial charge in [0.2, 0.25) is 0 Å². The quantitative estimate of drug-likeness (QED) is 0.191. The minimum Gasteiger partial charge on any atom is -0.251 e. The Hall–Kier alpha value is -4.82. The van der Waals surface area contributed by atoms with Gasteiger partial charge in [-0.25, -0.2) is 0 Å². The van der Waals surface area contributed by atoms with E-state index >= 15 is 0 Å². The summed E-state index contributed by atoms with van der Waals surface area (Å²) in [6, 6.07) is 48.7. The maximum absolute atomic E-state index is 5.55. The van der Waals surface area contributed by atoms with E-state index in [4.69, 9.17) is 9.97 Å². The van der Waals surface area contributed by atoms with Crippen molar-refractivity contribution >= 4 is 0 Å². The van der Waals surface area contributed by atoms with Crippen LogP contribution < -0.4 is 0 Å². The van der Waals surface area contributed by atoms with Crippen molar-refractivity contribution in [2.75, 3.05) is 0 Å². The summed E-state index contributed by atoms with van der Waals surface area (Å²) in [5, 5.41) is 0. The van der Waals surface area contributed by atoms with Crippen molar-refractivity contribution in [2.24, 2.45) is 0 Å². The predicted octanol–water partition coefficient (Wildman–Crippen LogP) is 12.1. The van der Waals surface area contributed by atoms with E-state index in [0.717, 1.165) is 33.9 Å². The lowest BCUT2D eigenvalue weighted by atomic mass is 9.56. The lowest BCUT2D eigenvalue weighted by molar-refractivity contribution is 0.546. The molecule has 6 aromatic rings. The lowest BCUT2D eigenvalue weighted by Gasteiger charge is -2.46. The van der Waals surface area contributed by atoms with Crippen LogP contribution in [-0.4, -0.2) is 9.97 Å². The van der Waals surface area contributed by atoms with Crippen molar-refractivity contribution in [3.63, 3.8) is 0 Å². The first kappa shape index (κ1) is 34.1. The molecule has 0 amide bonds. The van der Waals surface area contributed by atoms with Crippen LogP contribution in [0, 0.1) is 0 Å². The maximum Gasteiger partial charge on any atom is 0.105 e. The molecule has 4 aromatic carbocycles. The fraction of sp³-hybridized carbons (Fsp3) is 0.277. The molecule has 2 heterocycles. The van der Waals surface area contributed by atoms with Gasteiger partial charge in [-0.1, -0.05) is 172 Å². The van der Waals surface area contributed by atoms with Crippen LogP contribution in [0.25, 0.3) is 22.5 Å². The van der Waals surface area contributed by atoms with Crippen LogP contribution in [0.15, 0.2) is 133 Å². The molecule has 0 radical (unpaired) electrons. The average Bonchev–Trinajstić information content (AvgIpc) is 3.08. The molecule has 0 N–H and O–H groups in total. The molecule has 2 nitrogen and oxygen atoms in total. The fourth-order valence-corrected chi connectivity index (χ4v) is 7.57. The molecule has 0 fully saturated rings. The van der Waals surface area contributed by atoms with Gasteiger partial charge < -0.3 is 0 Å². The summed E-state index contributed by atoms with van der Waals surface area (Å²) in [6.45, 7) is 18.2. The van der Waals surface area contributed by atoms with Gasteiger partial charge in [-0.3, -0.25) is 9.97 Å². The van der Waals surface area contributed by atoms with Gasteiger partial charge in [0.25, 0.3) is 0 Å². The molecule has 49 heavy (non-hydrogen) atoms. The first-order valence-electron chi connectivity index (χ1n) is 17.2. The van der Waals surface area contributed by atoms with Crippen molar-refractivity contribution in [1.29, 1.82) is 0 Å². The first-order chi connectivity index (χ1) is 22.8. The highest BCUT2D eigenvalue weighted by Crippen LogP contribution is 2.55. The van der Waals surface area contributed by atoms with Crippen LogP contribution in [0.4, 0.5) is 0 Å². The third kappa shape index (κ3) is 5.72. The monoisotopic (exact) mass is 642 g/mol. The van der Waals surface area contributed by atoms with Crippen LogP contribution >= 0.6 is 0 Å². The number of benzene rings is 4. The van der Waals surface area contributed by atoms with E-state index in [-0.39, 0.29) is 23.7 Å². The lowest BCUT2D eigenvalue weighted by Crippen LogP contribution is -2.43. The minimum atomic E-state index is -0.731. The second-order valence-corrected chi connectivity index (χ2v) is 15.9. The Morgan fingerprint density at radius 2 is 0.755 bits per heavy atom. The van der Waals surface area contributed by atoms with Crippen LogP contribution in [-0.2, 0) is 21.7 Å². The van der Waals surface area contributed by atoms with E-state index in [0.29, 0.717) is 0 Å². The Morgan fingerprint density at radius 1 is 0.408 bits per heavy atom. The smallest absolute Gasteiger partial charge is 0.105 e. The molecule has 0 atom stereocenters. The van der Waals surface area contributed by atoms with Crippen molar-refractivity contribution in [3.8, 4) is 22.5 Å². The molecule has 1 aliphatic carbocycles. The molecule has 0 aliphatic heterocycles. The molecule has 0 saturated heterocycles. The van der Waals surface area contributed by atoms with Gasteiger partial charge in [-0.15, -0.1) is 0 Å². The van der Waals surface area contributed by atoms with E-state index in [9.17, 15) is 0 Å². The zero-order chi connectivity index (χ0) is 33.9. The molecule has 2 heteroatoms. The molecular formula is C47H50N2. The van der Waals surface area contributed by atoms with Crippen molar-refractivity contribution in [1.82, 2.24) is 9.97 Å². The van der Waals surface area contributed by atoms with Gasteiger partial charge in [0, 0.05) is 16.5 Å². The third-order valence-corrected chi connectivity index (χ3v) is 10.4. The van der Waals surface area contributed by atoms with Crippen LogP contribution in [0.3, 0.4) is 0 Å². The van der Waals surface area contributed by atoms with E-state index in [1.807, 2.05) is 0 Å². The summed E-state index contributed by atoms with van der Waals surface area (Å²) in [4.78, 5) is 11.1. The average molecular weight is 643 g/mol. The fourth-order valence-electron chi connectivity index (χ4n) is 7.57. The van der Waals surface area contributed by atoms with Crippen molar-refractivity contribution in [2.45, 2.75) is 84.5 Å². The summed E-state index contributed by atoms with van der Waals surface area (Å²) >= 11 is 0. The summed E-state index contributed by atoms with van der Waals surface area (Å²) in [5.41, 5.74) is 13.0. The number of hydrogen-bond donors (Lipinski definition) is 0. The van der Waals surface area contributed by atoms with Gasteiger partial charge in [0.1, 0.15) is 5.41 Å². The first-order valence-corrected chi connectivity index (χ1v) is 17.2. The largest absolute Gasteiger partial charge is 0.251 e. The molecule has 0 unspecified atom stereocenters. The summed E-state index contributed by atoms with van der Waals surface area (Å²) in [7, 11) is 0. The van der Waals surface area contributed by atoms with Crippen LogP contribution in [0.5, 0.6) is 0 Å². The van der Waals surface area contributed by atoms with E-state index in [1.54, 1.807) is 0 Å². The third-order valence-electron chi connectivity index (χ3n) is 10.4. The maximum atomic E-state index is 5.55. The summed E-state index contributed by atoms with van der Waals surface area (Å²) in [5.74, 6) is 0. The standard InChI is InChI=1S/C46H46N2.CH4/c1-43(2,3)33-27-23-31(24-28-33)39-19-13-21-41(47-39)46(37-17-11-9-15-35(37)45(7,8)36-16-10-12-18-38(36)46)42-22-14-20-40(48-42)32-25-29-34(30-26-32)44(4,5)6;/h9-30H,1-8H3;1H4.